The Hall–Kier alpha value is -1.68. The number of piperidine rings is 1. The minimum Gasteiger partial charge on any atom is -0.317 e. The van der Waals surface area contributed by atoms with Gasteiger partial charge in [-0.2, -0.15) is 0 Å². The fraction of sp³-hybridized carbons (Fsp3) is 0.385. The third-order valence-corrected chi connectivity index (χ3v) is 3.37. The molecule has 0 atom stereocenters. The van der Waals surface area contributed by atoms with Gasteiger partial charge in [-0.25, -0.2) is 0 Å². The van der Waals surface area contributed by atoms with Crippen molar-refractivity contribution in [1.82, 2.24) is 14.9 Å². The van der Waals surface area contributed by atoms with Crippen LogP contribution >= 0.6 is 0 Å². The molecule has 0 aromatic carbocycles. The molecule has 0 amide bonds. The summed E-state index contributed by atoms with van der Waals surface area (Å²) >= 11 is 0. The normalized spacial score (nSPS) is 17.4. The quantitative estimate of drug-likeness (QED) is 0.802. The summed E-state index contributed by atoms with van der Waals surface area (Å²) in [5.74, 6) is 0. The molecule has 1 fully saturated rings. The molecule has 0 spiro atoms. The van der Waals surface area contributed by atoms with Crippen molar-refractivity contribution in [3.05, 3.63) is 40.8 Å². The van der Waals surface area contributed by atoms with Crippen molar-refractivity contribution in [3.8, 4) is 0 Å². The third-order valence-electron chi connectivity index (χ3n) is 3.37. The number of rotatable bonds is 1. The molecule has 2 aromatic heterocycles. The number of pyridine rings is 2. The molecule has 0 aliphatic carbocycles. The van der Waals surface area contributed by atoms with E-state index < -0.39 is 0 Å². The maximum absolute atomic E-state index is 12.0. The highest BCUT2D eigenvalue weighted by Gasteiger charge is 2.17. The van der Waals surface area contributed by atoms with Crippen molar-refractivity contribution >= 4 is 11.0 Å². The van der Waals surface area contributed by atoms with Crippen molar-refractivity contribution < 1.29 is 0 Å². The lowest BCUT2D eigenvalue weighted by Crippen LogP contribution is -2.34. The van der Waals surface area contributed by atoms with E-state index in [0.717, 1.165) is 37.0 Å². The van der Waals surface area contributed by atoms with Crippen molar-refractivity contribution in [2.75, 3.05) is 13.1 Å². The molecule has 0 radical (unpaired) electrons. The van der Waals surface area contributed by atoms with Gasteiger partial charge >= 0.3 is 0 Å². The van der Waals surface area contributed by atoms with Gasteiger partial charge in [0, 0.05) is 18.3 Å². The Bertz CT molecular complexity index is 584. The summed E-state index contributed by atoms with van der Waals surface area (Å²) in [6.07, 6.45) is 3.78. The van der Waals surface area contributed by atoms with E-state index in [9.17, 15) is 4.79 Å². The Kier molecular flexibility index (Phi) is 2.65. The monoisotopic (exact) mass is 229 g/mol. The number of hydrogen-bond acceptors (Lipinski definition) is 3. The van der Waals surface area contributed by atoms with Gasteiger partial charge in [-0.3, -0.25) is 9.78 Å². The Labute approximate surface area is 99.3 Å². The maximum atomic E-state index is 12.0. The molecule has 0 bridgehead atoms. The van der Waals surface area contributed by atoms with Crippen LogP contribution in [0.2, 0.25) is 0 Å². The molecule has 3 heterocycles. The van der Waals surface area contributed by atoms with Gasteiger partial charge in [-0.05, 0) is 44.1 Å². The molecule has 0 unspecified atom stereocenters. The van der Waals surface area contributed by atoms with E-state index in [2.05, 4.69) is 10.3 Å². The van der Waals surface area contributed by atoms with E-state index in [0.29, 0.717) is 6.04 Å². The number of hydrogen-bond donors (Lipinski definition) is 1. The van der Waals surface area contributed by atoms with Crippen LogP contribution in [0, 0.1) is 0 Å². The first-order valence-electron chi connectivity index (χ1n) is 6.03. The number of aromatic nitrogens is 2. The topological polar surface area (TPSA) is 46.9 Å². The average molecular weight is 229 g/mol. The van der Waals surface area contributed by atoms with E-state index in [1.54, 1.807) is 18.3 Å². The fourth-order valence-corrected chi connectivity index (χ4v) is 2.53. The van der Waals surface area contributed by atoms with Gasteiger partial charge < -0.3 is 9.88 Å². The van der Waals surface area contributed by atoms with Crippen LogP contribution in [0.25, 0.3) is 11.0 Å². The molecule has 4 nitrogen and oxygen atoms in total. The van der Waals surface area contributed by atoms with Crippen LogP contribution in [0.4, 0.5) is 0 Å². The molecule has 17 heavy (non-hydrogen) atoms. The van der Waals surface area contributed by atoms with Crippen LogP contribution in [0.1, 0.15) is 18.9 Å². The van der Waals surface area contributed by atoms with Crippen LogP contribution in [0.5, 0.6) is 0 Å². The summed E-state index contributed by atoms with van der Waals surface area (Å²) < 4.78 is 1.91. The van der Waals surface area contributed by atoms with Gasteiger partial charge in [0.05, 0.1) is 11.0 Å². The van der Waals surface area contributed by atoms with Crippen molar-refractivity contribution in [2.24, 2.45) is 0 Å². The lowest BCUT2D eigenvalue weighted by Gasteiger charge is -2.25. The average Bonchev–Trinajstić information content (AvgIpc) is 2.39. The second-order valence-corrected chi connectivity index (χ2v) is 4.43. The summed E-state index contributed by atoms with van der Waals surface area (Å²) in [6, 6.07) is 7.59. The Balaban J connectivity index is 2.19. The molecule has 2 aromatic rings. The first-order chi connectivity index (χ1) is 8.36. The van der Waals surface area contributed by atoms with Crippen molar-refractivity contribution in [1.29, 1.82) is 0 Å². The second-order valence-electron chi connectivity index (χ2n) is 4.43. The number of nitrogens with one attached hydrogen (secondary N) is 1. The Morgan fingerprint density at radius 2 is 2.06 bits per heavy atom. The SMILES string of the molecule is O=c1ccc2ncccc2n1C1CCNCC1. The van der Waals surface area contributed by atoms with Gasteiger partial charge in [-0.1, -0.05) is 0 Å². The van der Waals surface area contributed by atoms with Crippen LogP contribution < -0.4 is 10.9 Å². The minimum absolute atomic E-state index is 0.0809. The summed E-state index contributed by atoms with van der Waals surface area (Å²) in [5, 5.41) is 3.32. The lowest BCUT2D eigenvalue weighted by atomic mass is 10.1. The molecular formula is C13H15N3O. The van der Waals surface area contributed by atoms with Gasteiger partial charge in [0.25, 0.3) is 5.56 Å². The first kappa shape index (κ1) is 10.5. The first-order valence-corrected chi connectivity index (χ1v) is 6.03. The highest BCUT2D eigenvalue weighted by molar-refractivity contribution is 5.74. The zero-order valence-corrected chi connectivity index (χ0v) is 9.60. The van der Waals surface area contributed by atoms with Crippen molar-refractivity contribution in [3.63, 3.8) is 0 Å². The maximum Gasteiger partial charge on any atom is 0.251 e. The zero-order chi connectivity index (χ0) is 11.7. The Morgan fingerprint density at radius 1 is 1.24 bits per heavy atom. The van der Waals surface area contributed by atoms with Gasteiger partial charge in [0.15, 0.2) is 0 Å². The predicted octanol–water partition coefficient (Wildman–Crippen LogP) is 1.32. The summed E-state index contributed by atoms with van der Waals surface area (Å²) in [5.41, 5.74) is 1.93. The summed E-state index contributed by atoms with van der Waals surface area (Å²) in [4.78, 5) is 16.3. The second kappa shape index (κ2) is 4.30. The van der Waals surface area contributed by atoms with E-state index >= 15 is 0 Å². The highest BCUT2D eigenvalue weighted by Crippen LogP contribution is 2.20. The molecule has 1 N–H and O–H groups in total. The summed E-state index contributed by atoms with van der Waals surface area (Å²) in [6.45, 7) is 1.96. The third kappa shape index (κ3) is 1.85. The molecule has 1 aliphatic rings. The van der Waals surface area contributed by atoms with Gasteiger partial charge in [-0.15, -0.1) is 0 Å². The smallest absolute Gasteiger partial charge is 0.251 e. The Morgan fingerprint density at radius 3 is 2.88 bits per heavy atom. The molecule has 1 aliphatic heterocycles. The minimum atomic E-state index is 0.0809. The lowest BCUT2D eigenvalue weighted by molar-refractivity contribution is 0.369. The summed E-state index contributed by atoms with van der Waals surface area (Å²) in [7, 11) is 0. The van der Waals surface area contributed by atoms with Gasteiger partial charge in [0.2, 0.25) is 0 Å². The van der Waals surface area contributed by atoms with E-state index in [-0.39, 0.29) is 5.56 Å². The van der Waals surface area contributed by atoms with E-state index in [4.69, 9.17) is 0 Å². The highest BCUT2D eigenvalue weighted by atomic mass is 16.1. The molecule has 3 rings (SSSR count). The van der Waals surface area contributed by atoms with Crippen LogP contribution in [0.3, 0.4) is 0 Å². The van der Waals surface area contributed by atoms with Crippen molar-refractivity contribution in [2.45, 2.75) is 18.9 Å². The van der Waals surface area contributed by atoms with E-state index in [1.165, 1.54) is 0 Å². The van der Waals surface area contributed by atoms with Gasteiger partial charge in [0.1, 0.15) is 0 Å². The van der Waals surface area contributed by atoms with Crippen LogP contribution in [-0.2, 0) is 0 Å². The number of fused-ring (bicyclic) bond motifs is 1. The molecule has 88 valence electrons. The number of nitrogens with zero attached hydrogens (tertiary/aromatic N) is 2. The van der Waals surface area contributed by atoms with Crippen LogP contribution in [-0.4, -0.2) is 22.6 Å². The predicted molar refractivity (Wildman–Crippen MR) is 67.1 cm³/mol. The molecular weight excluding hydrogens is 214 g/mol. The standard InChI is InChI=1S/C13H15N3O/c17-13-4-3-11-12(2-1-7-15-11)16(13)10-5-8-14-9-6-10/h1-4,7,10,14H,5-6,8-9H2. The van der Waals surface area contributed by atoms with Crippen LogP contribution in [0.15, 0.2) is 35.3 Å². The zero-order valence-electron chi connectivity index (χ0n) is 9.60. The molecule has 1 saturated heterocycles. The fourth-order valence-electron chi connectivity index (χ4n) is 2.53. The van der Waals surface area contributed by atoms with E-state index in [1.807, 2.05) is 16.7 Å². The molecule has 0 saturated carbocycles. The molecule has 4 heteroatoms. The largest absolute Gasteiger partial charge is 0.317 e.